The van der Waals surface area contributed by atoms with Gasteiger partial charge in [0.25, 0.3) is 0 Å². The molecular formula is C52H30N6OS. The van der Waals surface area contributed by atoms with Crippen molar-refractivity contribution in [3.8, 4) is 45.0 Å². The number of hydrogen-bond donors (Lipinski definition) is 0. The molecule has 60 heavy (non-hydrogen) atoms. The molecule has 0 atom stereocenters. The Labute approximate surface area is 346 Å². The van der Waals surface area contributed by atoms with Crippen LogP contribution in [-0.4, -0.2) is 29.1 Å². The Morgan fingerprint density at radius 1 is 0.417 bits per heavy atom. The standard InChI is InChI=1S/C52H30N6OS/c1-3-15-31(16-4-1)51-53-41-25-14-24-40(48(41)60-51)50-54-49(39-23-13-22-38-35-21-9-12-28-44(35)59-47(38)39)55-52(56-50)58-43-27-11-8-20-34(43)37-30-29-36-33-19-7-10-26-42(33)57(45(36)46(37)58)32-17-5-2-6-18-32/h1-30H. The van der Waals surface area contributed by atoms with Crippen molar-refractivity contribution >= 4 is 87.1 Å². The Morgan fingerprint density at radius 3 is 1.77 bits per heavy atom. The SMILES string of the molecule is c1ccc(-c2nc3cccc(-c4nc(-c5cccc6c5oc5ccccc56)nc(-n5c6ccccc6c6ccc7c8ccccc8n(-c8ccccc8)c7c65)n4)c3s2)cc1. The Morgan fingerprint density at radius 2 is 1.00 bits per heavy atom. The van der Waals surface area contributed by atoms with E-state index in [4.69, 9.17) is 24.4 Å². The molecular weight excluding hydrogens is 757 g/mol. The molecule has 5 heterocycles. The molecule has 280 valence electrons. The van der Waals surface area contributed by atoms with E-state index in [1.54, 1.807) is 11.3 Å². The van der Waals surface area contributed by atoms with Crippen LogP contribution in [0.25, 0.3) is 121 Å². The average molecular weight is 787 g/mol. The number of rotatable bonds is 5. The molecule has 0 radical (unpaired) electrons. The predicted octanol–water partition coefficient (Wildman–Crippen LogP) is 13.6. The zero-order valence-electron chi connectivity index (χ0n) is 31.8. The van der Waals surface area contributed by atoms with Crippen molar-refractivity contribution in [2.24, 2.45) is 0 Å². The lowest BCUT2D eigenvalue weighted by Gasteiger charge is -2.13. The van der Waals surface area contributed by atoms with Crippen LogP contribution in [-0.2, 0) is 0 Å². The van der Waals surface area contributed by atoms with Crippen molar-refractivity contribution in [3.63, 3.8) is 0 Å². The number of furan rings is 1. The normalized spacial score (nSPS) is 12.0. The van der Waals surface area contributed by atoms with Gasteiger partial charge in [0.05, 0.1) is 37.8 Å². The van der Waals surface area contributed by atoms with Crippen LogP contribution in [0.2, 0.25) is 0 Å². The topological polar surface area (TPSA) is 74.6 Å². The second kappa shape index (κ2) is 12.8. The van der Waals surface area contributed by atoms with Gasteiger partial charge in [-0.15, -0.1) is 11.3 Å². The van der Waals surface area contributed by atoms with E-state index < -0.39 is 0 Å². The van der Waals surface area contributed by atoms with Crippen molar-refractivity contribution in [2.45, 2.75) is 0 Å². The molecule has 0 bridgehead atoms. The van der Waals surface area contributed by atoms with E-state index in [0.717, 1.165) is 97.8 Å². The lowest BCUT2D eigenvalue weighted by Crippen LogP contribution is -2.07. The molecule has 0 aliphatic heterocycles. The van der Waals surface area contributed by atoms with E-state index >= 15 is 0 Å². The number of hydrogen-bond acceptors (Lipinski definition) is 6. The van der Waals surface area contributed by atoms with Crippen LogP contribution in [0.1, 0.15) is 0 Å². The van der Waals surface area contributed by atoms with Crippen LogP contribution < -0.4 is 0 Å². The second-order valence-electron chi connectivity index (χ2n) is 15.0. The smallest absolute Gasteiger partial charge is 0.238 e. The fourth-order valence-electron chi connectivity index (χ4n) is 9.01. The summed E-state index contributed by atoms with van der Waals surface area (Å²) in [6.45, 7) is 0. The first-order chi connectivity index (χ1) is 29.8. The van der Waals surface area contributed by atoms with Gasteiger partial charge in [-0.2, -0.15) is 9.97 Å². The van der Waals surface area contributed by atoms with Gasteiger partial charge in [-0.25, -0.2) is 9.97 Å². The lowest BCUT2D eigenvalue weighted by molar-refractivity contribution is 0.669. The maximum Gasteiger partial charge on any atom is 0.238 e. The van der Waals surface area contributed by atoms with Gasteiger partial charge in [0.15, 0.2) is 11.6 Å². The van der Waals surface area contributed by atoms with Gasteiger partial charge < -0.3 is 8.98 Å². The molecule has 0 N–H and O–H groups in total. The third-order valence-corrected chi connectivity index (χ3v) is 12.8. The summed E-state index contributed by atoms with van der Waals surface area (Å²) in [6, 6.07) is 63.2. The zero-order chi connectivity index (χ0) is 39.3. The quantitative estimate of drug-likeness (QED) is 0.174. The van der Waals surface area contributed by atoms with E-state index in [2.05, 4.69) is 143 Å². The number of para-hydroxylation sites is 5. The average Bonchev–Trinajstić information content (AvgIpc) is 4.09. The highest BCUT2D eigenvalue weighted by Crippen LogP contribution is 2.43. The fourth-order valence-corrected chi connectivity index (χ4v) is 10.1. The molecule has 0 aliphatic carbocycles. The molecule has 0 saturated heterocycles. The Bertz CT molecular complexity index is 3840. The highest BCUT2D eigenvalue weighted by molar-refractivity contribution is 7.22. The minimum absolute atomic E-state index is 0.511. The Kier molecular flexibility index (Phi) is 7.05. The van der Waals surface area contributed by atoms with E-state index in [1.807, 2.05) is 48.5 Å². The molecule has 0 spiro atoms. The molecule has 0 saturated carbocycles. The summed E-state index contributed by atoms with van der Waals surface area (Å²) < 4.78 is 12.2. The van der Waals surface area contributed by atoms with Crippen LogP contribution in [0.3, 0.4) is 0 Å². The maximum atomic E-state index is 6.61. The minimum atomic E-state index is 0.511. The second-order valence-corrected chi connectivity index (χ2v) is 16.0. The van der Waals surface area contributed by atoms with Crippen LogP contribution in [0.15, 0.2) is 186 Å². The summed E-state index contributed by atoms with van der Waals surface area (Å²) in [5, 5.41) is 7.54. The summed E-state index contributed by atoms with van der Waals surface area (Å²) in [7, 11) is 0. The van der Waals surface area contributed by atoms with Crippen molar-refractivity contribution < 1.29 is 4.42 Å². The van der Waals surface area contributed by atoms with Gasteiger partial charge >= 0.3 is 0 Å². The van der Waals surface area contributed by atoms with E-state index in [1.165, 1.54) is 5.39 Å². The first-order valence-corrected chi connectivity index (χ1v) is 20.7. The molecule has 0 unspecified atom stereocenters. The monoisotopic (exact) mass is 786 g/mol. The summed E-state index contributed by atoms with van der Waals surface area (Å²) in [5.41, 5.74) is 10.5. The Hall–Kier alpha value is -7.94. The van der Waals surface area contributed by atoms with Gasteiger partial charge in [-0.3, -0.25) is 4.57 Å². The fraction of sp³-hybridized carbons (Fsp3) is 0. The molecule has 0 amide bonds. The molecule has 8 aromatic carbocycles. The number of nitrogens with zero attached hydrogens (tertiary/aromatic N) is 6. The van der Waals surface area contributed by atoms with Gasteiger partial charge in [0.1, 0.15) is 16.2 Å². The van der Waals surface area contributed by atoms with Gasteiger partial charge in [0.2, 0.25) is 5.95 Å². The van der Waals surface area contributed by atoms with Gasteiger partial charge in [-0.1, -0.05) is 133 Å². The number of fused-ring (bicyclic) bond motifs is 11. The van der Waals surface area contributed by atoms with E-state index in [9.17, 15) is 0 Å². The number of aromatic nitrogens is 6. The van der Waals surface area contributed by atoms with Crippen molar-refractivity contribution in [1.29, 1.82) is 0 Å². The van der Waals surface area contributed by atoms with Crippen molar-refractivity contribution in [3.05, 3.63) is 182 Å². The molecule has 13 aromatic rings. The Balaban J connectivity index is 1.17. The summed E-state index contributed by atoms with van der Waals surface area (Å²) in [4.78, 5) is 21.3. The molecule has 5 aromatic heterocycles. The number of benzene rings is 8. The largest absolute Gasteiger partial charge is 0.455 e. The van der Waals surface area contributed by atoms with Crippen LogP contribution in [0.5, 0.6) is 0 Å². The first-order valence-electron chi connectivity index (χ1n) is 19.9. The molecule has 7 nitrogen and oxygen atoms in total. The first kappa shape index (κ1) is 33.1. The summed E-state index contributed by atoms with van der Waals surface area (Å²) in [6.07, 6.45) is 0. The number of thiazole rings is 1. The van der Waals surface area contributed by atoms with Gasteiger partial charge in [0, 0.05) is 49.1 Å². The van der Waals surface area contributed by atoms with E-state index in [0.29, 0.717) is 17.6 Å². The van der Waals surface area contributed by atoms with Gasteiger partial charge in [-0.05, 0) is 48.5 Å². The lowest BCUT2D eigenvalue weighted by atomic mass is 10.1. The third kappa shape index (κ3) is 4.82. The van der Waals surface area contributed by atoms with E-state index in [-0.39, 0.29) is 0 Å². The summed E-state index contributed by atoms with van der Waals surface area (Å²) in [5.74, 6) is 1.58. The molecule has 0 fully saturated rings. The highest BCUT2D eigenvalue weighted by atomic mass is 32.1. The van der Waals surface area contributed by atoms with Crippen molar-refractivity contribution in [2.75, 3.05) is 0 Å². The van der Waals surface area contributed by atoms with Crippen LogP contribution >= 0.6 is 11.3 Å². The third-order valence-electron chi connectivity index (χ3n) is 11.6. The molecule has 13 rings (SSSR count). The molecule has 0 aliphatic rings. The highest BCUT2D eigenvalue weighted by Gasteiger charge is 2.25. The minimum Gasteiger partial charge on any atom is -0.455 e. The summed E-state index contributed by atoms with van der Waals surface area (Å²) >= 11 is 1.65. The molecule has 8 heteroatoms. The zero-order valence-corrected chi connectivity index (χ0v) is 32.6. The maximum absolute atomic E-state index is 6.61. The van der Waals surface area contributed by atoms with Crippen molar-refractivity contribution in [1.82, 2.24) is 29.1 Å². The van der Waals surface area contributed by atoms with Crippen LogP contribution in [0, 0.1) is 0 Å². The van der Waals surface area contributed by atoms with Crippen LogP contribution in [0.4, 0.5) is 0 Å². The predicted molar refractivity (Wildman–Crippen MR) is 245 cm³/mol.